The highest BCUT2D eigenvalue weighted by Crippen LogP contribution is 2.23. The van der Waals surface area contributed by atoms with Crippen LogP contribution in [0.1, 0.15) is 11.5 Å². The van der Waals surface area contributed by atoms with Crippen LogP contribution in [0.25, 0.3) is 10.9 Å². The van der Waals surface area contributed by atoms with Crippen molar-refractivity contribution in [1.82, 2.24) is 9.88 Å². The second kappa shape index (κ2) is 4.84. The topological polar surface area (TPSA) is 32.2 Å². The summed E-state index contributed by atoms with van der Waals surface area (Å²) in [6.07, 6.45) is 2.83. The Balaban J connectivity index is 1.35. The summed E-state index contributed by atoms with van der Waals surface area (Å²) in [5, 5.41) is 1.30. The van der Waals surface area contributed by atoms with Crippen molar-refractivity contribution in [1.29, 1.82) is 0 Å². The van der Waals surface area contributed by atoms with E-state index in [1.54, 1.807) is 6.26 Å². The van der Waals surface area contributed by atoms with Gasteiger partial charge in [0, 0.05) is 37.3 Å². The van der Waals surface area contributed by atoms with E-state index in [4.69, 9.17) is 4.42 Å². The number of H-pyrrole nitrogens is 1. The van der Waals surface area contributed by atoms with Gasteiger partial charge in [-0.15, -0.1) is 0 Å². The van der Waals surface area contributed by atoms with Crippen LogP contribution in [0.15, 0.2) is 53.1 Å². The van der Waals surface area contributed by atoms with E-state index in [1.807, 2.05) is 6.07 Å². The lowest BCUT2D eigenvalue weighted by Crippen LogP contribution is -2.46. The van der Waals surface area contributed by atoms with Crippen LogP contribution in [0, 0.1) is 5.92 Å². The number of furan rings is 1. The maximum Gasteiger partial charge on any atom is 0.104 e. The largest absolute Gasteiger partial charge is 0.469 e. The molecule has 2 aromatic heterocycles. The minimum absolute atomic E-state index is 0.741. The molecule has 0 bridgehead atoms. The lowest BCUT2D eigenvalue weighted by atomic mass is 9.95. The zero-order valence-electron chi connectivity index (χ0n) is 11.4. The van der Waals surface area contributed by atoms with E-state index in [1.165, 1.54) is 16.6 Å². The molecule has 1 aromatic carbocycles. The molecular weight excluding hydrogens is 248 g/mol. The molecule has 0 amide bonds. The van der Waals surface area contributed by atoms with E-state index >= 15 is 0 Å². The van der Waals surface area contributed by atoms with Gasteiger partial charge in [-0.1, -0.05) is 18.2 Å². The van der Waals surface area contributed by atoms with Crippen LogP contribution in [-0.2, 0) is 13.0 Å². The number of hydrogen-bond donors (Lipinski definition) is 1. The molecule has 0 aliphatic carbocycles. The smallest absolute Gasteiger partial charge is 0.104 e. The van der Waals surface area contributed by atoms with Gasteiger partial charge in [0.15, 0.2) is 0 Å². The van der Waals surface area contributed by atoms with Crippen LogP contribution < -0.4 is 0 Å². The third-order valence-corrected chi connectivity index (χ3v) is 4.08. The van der Waals surface area contributed by atoms with E-state index < -0.39 is 0 Å². The Kier molecular flexibility index (Phi) is 2.85. The van der Waals surface area contributed by atoms with Gasteiger partial charge in [-0.25, -0.2) is 0 Å². The first kappa shape index (κ1) is 11.8. The third-order valence-electron chi connectivity index (χ3n) is 4.08. The van der Waals surface area contributed by atoms with Gasteiger partial charge in [-0.2, -0.15) is 0 Å². The quantitative estimate of drug-likeness (QED) is 0.784. The molecule has 1 aliphatic rings. The number of benzene rings is 1. The molecule has 4 rings (SSSR count). The van der Waals surface area contributed by atoms with Crippen molar-refractivity contribution in [2.24, 2.45) is 5.92 Å². The summed E-state index contributed by atoms with van der Waals surface area (Å²) in [6.45, 7) is 3.34. The molecule has 1 fully saturated rings. The molecule has 3 aromatic rings. The molecule has 3 heteroatoms. The summed E-state index contributed by atoms with van der Waals surface area (Å²) in [5.41, 5.74) is 2.54. The Morgan fingerprint density at radius 2 is 2.05 bits per heavy atom. The van der Waals surface area contributed by atoms with E-state index in [0.29, 0.717) is 0 Å². The molecule has 0 atom stereocenters. The summed E-state index contributed by atoms with van der Waals surface area (Å²) in [4.78, 5) is 5.98. The third kappa shape index (κ3) is 2.25. The maximum absolute atomic E-state index is 5.41. The molecule has 1 N–H and O–H groups in total. The van der Waals surface area contributed by atoms with Crippen LogP contribution in [0.3, 0.4) is 0 Å². The van der Waals surface area contributed by atoms with Crippen molar-refractivity contribution < 1.29 is 4.42 Å². The Bertz CT molecular complexity index is 660. The first-order valence-corrected chi connectivity index (χ1v) is 7.18. The number of fused-ring (bicyclic) bond motifs is 1. The highest BCUT2D eigenvalue weighted by molar-refractivity contribution is 5.80. The number of aromatic nitrogens is 1. The lowest BCUT2D eigenvalue weighted by molar-refractivity contribution is 0.0878. The maximum atomic E-state index is 5.41. The number of aromatic amines is 1. The molecule has 0 unspecified atom stereocenters. The molecule has 20 heavy (non-hydrogen) atoms. The van der Waals surface area contributed by atoms with E-state index in [0.717, 1.165) is 37.7 Å². The van der Waals surface area contributed by atoms with Gasteiger partial charge in [-0.3, -0.25) is 4.90 Å². The highest BCUT2D eigenvalue weighted by Gasteiger charge is 2.27. The van der Waals surface area contributed by atoms with Gasteiger partial charge in [0.25, 0.3) is 0 Å². The first-order chi connectivity index (χ1) is 9.87. The Morgan fingerprint density at radius 3 is 2.85 bits per heavy atom. The number of rotatable bonds is 4. The van der Waals surface area contributed by atoms with Crippen molar-refractivity contribution in [3.8, 4) is 0 Å². The fourth-order valence-corrected chi connectivity index (χ4v) is 3.11. The van der Waals surface area contributed by atoms with Gasteiger partial charge < -0.3 is 9.40 Å². The fraction of sp³-hybridized carbons (Fsp3) is 0.294. The first-order valence-electron chi connectivity index (χ1n) is 7.18. The zero-order valence-corrected chi connectivity index (χ0v) is 11.4. The highest BCUT2D eigenvalue weighted by atomic mass is 16.3. The summed E-state index contributed by atoms with van der Waals surface area (Å²) in [6, 6.07) is 14.8. The van der Waals surface area contributed by atoms with E-state index in [-0.39, 0.29) is 0 Å². The Labute approximate surface area is 118 Å². The van der Waals surface area contributed by atoms with Crippen molar-refractivity contribution in [3.05, 3.63) is 60.2 Å². The molecule has 0 radical (unpaired) electrons. The Morgan fingerprint density at radius 1 is 1.15 bits per heavy atom. The van der Waals surface area contributed by atoms with Crippen molar-refractivity contribution >= 4 is 10.9 Å². The lowest BCUT2D eigenvalue weighted by Gasteiger charge is -2.38. The second-order valence-electron chi connectivity index (χ2n) is 5.73. The predicted octanol–water partition coefficient (Wildman–Crippen LogP) is 3.44. The number of para-hydroxylation sites is 1. The predicted molar refractivity (Wildman–Crippen MR) is 79.5 cm³/mol. The summed E-state index contributed by atoms with van der Waals surface area (Å²) < 4.78 is 5.41. The molecule has 3 heterocycles. The van der Waals surface area contributed by atoms with Crippen molar-refractivity contribution in [2.45, 2.75) is 13.0 Å². The average molecular weight is 266 g/mol. The molecule has 102 valence electrons. The van der Waals surface area contributed by atoms with Gasteiger partial charge in [0.1, 0.15) is 5.76 Å². The Hall–Kier alpha value is -2.00. The number of nitrogens with one attached hydrogen (secondary N) is 1. The van der Waals surface area contributed by atoms with Gasteiger partial charge >= 0.3 is 0 Å². The van der Waals surface area contributed by atoms with Crippen LogP contribution in [0.4, 0.5) is 0 Å². The monoisotopic (exact) mass is 266 g/mol. The van der Waals surface area contributed by atoms with Crippen LogP contribution in [-0.4, -0.2) is 23.0 Å². The van der Waals surface area contributed by atoms with Crippen molar-refractivity contribution in [2.75, 3.05) is 13.1 Å². The summed E-state index contributed by atoms with van der Waals surface area (Å²) in [7, 11) is 0. The molecule has 1 aliphatic heterocycles. The normalized spacial score (nSPS) is 16.6. The van der Waals surface area contributed by atoms with Crippen LogP contribution in [0.5, 0.6) is 0 Å². The van der Waals surface area contributed by atoms with E-state index in [9.17, 15) is 0 Å². The van der Waals surface area contributed by atoms with Gasteiger partial charge in [0.2, 0.25) is 0 Å². The molecule has 3 nitrogen and oxygen atoms in total. The second-order valence-corrected chi connectivity index (χ2v) is 5.73. The van der Waals surface area contributed by atoms with Crippen LogP contribution >= 0.6 is 0 Å². The zero-order chi connectivity index (χ0) is 13.4. The molecule has 1 saturated heterocycles. The molecular formula is C17H18N2O. The summed E-state index contributed by atoms with van der Waals surface area (Å²) in [5.74, 6) is 1.85. The van der Waals surface area contributed by atoms with Gasteiger partial charge in [0.05, 0.1) is 6.26 Å². The minimum Gasteiger partial charge on any atom is -0.469 e. The van der Waals surface area contributed by atoms with Crippen LogP contribution in [0.2, 0.25) is 0 Å². The minimum atomic E-state index is 0.741. The SMILES string of the molecule is c1coc(CC2CN(Cc3cc4ccccc4[nH]3)C2)c1. The number of hydrogen-bond acceptors (Lipinski definition) is 2. The fourth-order valence-electron chi connectivity index (χ4n) is 3.11. The van der Waals surface area contributed by atoms with Crippen molar-refractivity contribution in [3.63, 3.8) is 0 Å². The van der Waals surface area contributed by atoms with E-state index in [2.05, 4.69) is 46.3 Å². The number of likely N-dealkylation sites (tertiary alicyclic amines) is 1. The van der Waals surface area contributed by atoms with Gasteiger partial charge in [-0.05, 0) is 35.6 Å². The number of nitrogens with zero attached hydrogens (tertiary/aromatic N) is 1. The molecule has 0 saturated carbocycles. The standard InChI is InChI=1S/C17H18N2O/c1-2-6-17-14(4-1)9-15(18-17)12-19-10-13(11-19)8-16-5-3-7-20-16/h1-7,9,13,18H,8,10-12H2. The molecule has 0 spiro atoms. The average Bonchev–Trinajstić information content (AvgIpc) is 3.04. The summed E-state index contributed by atoms with van der Waals surface area (Å²) >= 11 is 0.